The number of rotatable bonds is 1. The van der Waals surface area contributed by atoms with Gasteiger partial charge in [0.2, 0.25) is 0 Å². The van der Waals surface area contributed by atoms with E-state index in [9.17, 15) is 4.79 Å². The number of hydrogen-bond donors (Lipinski definition) is 1. The lowest BCUT2D eigenvalue weighted by Gasteiger charge is -2.30. The van der Waals surface area contributed by atoms with Crippen LogP contribution in [0.15, 0.2) is 12.1 Å². The first-order valence-electron chi connectivity index (χ1n) is 7.05. The van der Waals surface area contributed by atoms with Gasteiger partial charge in [-0.25, -0.2) is 4.79 Å². The van der Waals surface area contributed by atoms with Gasteiger partial charge in [-0.15, -0.1) is 0 Å². The van der Waals surface area contributed by atoms with Crippen LogP contribution in [0.3, 0.4) is 0 Å². The highest BCUT2D eigenvalue weighted by atomic mass is 16.6. The molecule has 1 aliphatic heterocycles. The highest BCUT2D eigenvalue weighted by Gasteiger charge is 2.25. The summed E-state index contributed by atoms with van der Waals surface area (Å²) in [6, 6.07) is 4.10. The van der Waals surface area contributed by atoms with Crippen molar-refractivity contribution < 1.29 is 14.3 Å². The summed E-state index contributed by atoms with van der Waals surface area (Å²) in [6.45, 7) is 1.19. The monoisotopic (exact) mass is 276 g/mol. The van der Waals surface area contributed by atoms with E-state index in [0.717, 1.165) is 36.3 Å². The van der Waals surface area contributed by atoms with Crippen LogP contribution in [-0.2, 0) is 6.42 Å². The SMILES string of the molecule is CN(C)C(=O)NC1CCCc2cc3c(cc21)OCCO3. The summed E-state index contributed by atoms with van der Waals surface area (Å²) in [4.78, 5) is 13.4. The Kier molecular flexibility index (Phi) is 3.42. The van der Waals surface area contributed by atoms with Crippen LogP contribution in [0, 0.1) is 0 Å². The normalized spacial score (nSPS) is 20.0. The van der Waals surface area contributed by atoms with Gasteiger partial charge < -0.3 is 19.7 Å². The number of carbonyl (C=O) groups excluding carboxylic acids is 1. The van der Waals surface area contributed by atoms with Crippen molar-refractivity contribution in [2.45, 2.75) is 25.3 Å². The topological polar surface area (TPSA) is 50.8 Å². The maximum atomic E-state index is 11.9. The summed E-state index contributed by atoms with van der Waals surface area (Å²) in [7, 11) is 3.51. The van der Waals surface area contributed by atoms with Crippen LogP contribution < -0.4 is 14.8 Å². The van der Waals surface area contributed by atoms with Crippen LogP contribution in [0.1, 0.15) is 30.0 Å². The molecule has 0 bridgehead atoms. The fraction of sp³-hybridized carbons (Fsp3) is 0.533. The Bertz CT molecular complexity index is 528. The van der Waals surface area contributed by atoms with Crippen molar-refractivity contribution in [3.8, 4) is 11.5 Å². The van der Waals surface area contributed by atoms with E-state index in [1.54, 1.807) is 19.0 Å². The van der Waals surface area contributed by atoms with E-state index >= 15 is 0 Å². The third kappa shape index (κ3) is 2.40. The van der Waals surface area contributed by atoms with Gasteiger partial charge in [0.25, 0.3) is 0 Å². The second-order valence-corrected chi connectivity index (χ2v) is 5.48. The predicted molar refractivity (Wildman–Crippen MR) is 75.3 cm³/mol. The third-order valence-corrected chi connectivity index (χ3v) is 3.82. The van der Waals surface area contributed by atoms with Gasteiger partial charge in [0, 0.05) is 14.1 Å². The molecule has 1 unspecified atom stereocenters. The lowest BCUT2D eigenvalue weighted by Crippen LogP contribution is -2.38. The van der Waals surface area contributed by atoms with Gasteiger partial charge in [-0.1, -0.05) is 0 Å². The molecule has 5 heteroatoms. The Morgan fingerprint density at radius 1 is 1.25 bits per heavy atom. The van der Waals surface area contributed by atoms with Crippen LogP contribution in [0.5, 0.6) is 11.5 Å². The number of nitrogens with one attached hydrogen (secondary N) is 1. The van der Waals surface area contributed by atoms with Crippen molar-refractivity contribution in [2.24, 2.45) is 0 Å². The Hall–Kier alpha value is -1.91. The number of amides is 2. The number of nitrogens with zero attached hydrogens (tertiary/aromatic N) is 1. The fourth-order valence-corrected chi connectivity index (χ4v) is 2.77. The molecule has 0 spiro atoms. The van der Waals surface area contributed by atoms with Crippen molar-refractivity contribution in [1.29, 1.82) is 0 Å². The molecule has 1 aromatic carbocycles. The predicted octanol–water partition coefficient (Wildman–Crippen LogP) is 2.11. The maximum absolute atomic E-state index is 11.9. The van der Waals surface area contributed by atoms with Crippen molar-refractivity contribution in [3.63, 3.8) is 0 Å². The molecule has 2 amide bonds. The van der Waals surface area contributed by atoms with Gasteiger partial charge in [0.1, 0.15) is 13.2 Å². The first-order chi connectivity index (χ1) is 9.65. The summed E-state index contributed by atoms with van der Waals surface area (Å²) >= 11 is 0. The van der Waals surface area contributed by atoms with Crippen LogP contribution in [-0.4, -0.2) is 38.2 Å². The summed E-state index contributed by atoms with van der Waals surface area (Å²) in [5.41, 5.74) is 2.42. The average Bonchev–Trinajstić information content (AvgIpc) is 2.45. The largest absolute Gasteiger partial charge is 0.486 e. The lowest BCUT2D eigenvalue weighted by atomic mass is 9.87. The van der Waals surface area contributed by atoms with Gasteiger partial charge in [-0.3, -0.25) is 0 Å². The second kappa shape index (κ2) is 5.23. The molecule has 108 valence electrons. The molecule has 5 nitrogen and oxygen atoms in total. The van der Waals surface area contributed by atoms with Crippen LogP contribution >= 0.6 is 0 Å². The Labute approximate surface area is 118 Å². The Morgan fingerprint density at radius 2 is 1.95 bits per heavy atom. The molecule has 0 saturated carbocycles. The highest BCUT2D eigenvalue weighted by molar-refractivity contribution is 5.74. The minimum atomic E-state index is -0.0576. The van der Waals surface area contributed by atoms with E-state index in [1.165, 1.54) is 5.56 Å². The second-order valence-electron chi connectivity index (χ2n) is 5.48. The van der Waals surface area contributed by atoms with Crippen LogP contribution in [0.2, 0.25) is 0 Å². The molecule has 2 aliphatic rings. The minimum absolute atomic E-state index is 0.0576. The van der Waals surface area contributed by atoms with E-state index in [4.69, 9.17) is 9.47 Å². The molecule has 0 saturated heterocycles. The third-order valence-electron chi connectivity index (χ3n) is 3.82. The minimum Gasteiger partial charge on any atom is -0.486 e. The number of urea groups is 1. The van der Waals surface area contributed by atoms with E-state index < -0.39 is 0 Å². The standard InChI is InChI=1S/C15H20N2O3/c1-17(2)15(18)16-12-5-3-4-10-8-13-14(9-11(10)12)20-7-6-19-13/h8-9,12H,3-7H2,1-2H3,(H,16,18). The van der Waals surface area contributed by atoms with Gasteiger partial charge in [-0.05, 0) is 42.5 Å². The molecule has 0 radical (unpaired) electrons. The van der Waals surface area contributed by atoms with E-state index in [0.29, 0.717) is 13.2 Å². The molecule has 1 heterocycles. The Balaban J connectivity index is 1.89. The van der Waals surface area contributed by atoms with Crippen molar-refractivity contribution in [2.75, 3.05) is 27.3 Å². The molecule has 1 aliphatic carbocycles. The first kappa shape index (κ1) is 13.1. The van der Waals surface area contributed by atoms with E-state index in [2.05, 4.69) is 11.4 Å². The number of aryl methyl sites for hydroxylation is 1. The summed E-state index contributed by atoms with van der Waals surface area (Å²) in [5, 5.41) is 3.07. The molecule has 3 rings (SSSR count). The van der Waals surface area contributed by atoms with Crippen LogP contribution in [0.4, 0.5) is 4.79 Å². The van der Waals surface area contributed by atoms with Gasteiger partial charge in [0.15, 0.2) is 11.5 Å². The number of fused-ring (bicyclic) bond motifs is 2. The Morgan fingerprint density at radius 3 is 2.65 bits per heavy atom. The maximum Gasteiger partial charge on any atom is 0.317 e. The zero-order valence-corrected chi connectivity index (χ0v) is 11.9. The van der Waals surface area contributed by atoms with Gasteiger partial charge >= 0.3 is 6.03 Å². The molecule has 1 atom stereocenters. The zero-order chi connectivity index (χ0) is 14.1. The first-order valence-corrected chi connectivity index (χ1v) is 7.05. The highest BCUT2D eigenvalue weighted by Crippen LogP contribution is 2.39. The number of hydrogen-bond acceptors (Lipinski definition) is 3. The molecular formula is C15H20N2O3. The number of carbonyl (C=O) groups is 1. The molecule has 1 aromatic rings. The quantitative estimate of drug-likeness (QED) is 0.854. The molecule has 0 aromatic heterocycles. The smallest absolute Gasteiger partial charge is 0.317 e. The van der Waals surface area contributed by atoms with Crippen LogP contribution in [0.25, 0.3) is 0 Å². The van der Waals surface area contributed by atoms with Gasteiger partial charge in [-0.2, -0.15) is 0 Å². The molecule has 20 heavy (non-hydrogen) atoms. The van der Waals surface area contributed by atoms with Crippen molar-refractivity contribution in [1.82, 2.24) is 10.2 Å². The molecule has 1 N–H and O–H groups in total. The van der Waals surface area contributed by atoms with E-state index in [-0.39, 0.29) is 12.1 Å². The fourth-order valence-electron chi connectivity index (χ4n) is 2.77. The van der Waals surface area contributed by atoms with Crippen molar-refractivity contribution in [3.05, 3.63) is 23.3 Å². The summed E-state index contributed by atoms with van der Waals surface area (Å²) in [5.74, 6) is 1.62. The average molecular weight is 276 g/mol. The number of ether oxygens (including phenoxy) is 2. The van der Waals surface area contributed by atoms with Crippen molar-refractivity contribution >= 4 is 6.03 Å². The summed E-state index contributed by atoms with van der Waals surface area (Å²) < 4.78 is 11.3. The number of benzene rings is 1. The molecule has 0 fully saturated rings. The van der Waals surface area contributed by atoms with E-state index in [1.807, 2.05) is 6.07 Å². The summed E-state index contributed by atoms with van der Waals surface area (Å²) in [6.07, 6.45) is 3.07. The van der Waals surface area contributed by atoms with Gasteiger partial charge in [0.05, 0.1) is 6.04 Å². The molecular weight excluding hydrogens is 256 g/mol. The zero-order valence-electron chi connectivity index (χ0n) is 11.9. The lowest BCUT2D eigenvalue weighted by molar-refractivity contribution is 0.170.